The first-order chi connectivity index (χ1) is 12.8. The number of ether oxygens (including phenoxy) is 2. The molecule has 0 bridgehead atoms. The summed E-state index contributed by atoms with van der Waals surface area (Å²) in [5, 5.41) is 0. The number of halogens is 1. The first-order valence-electron chi connectivity index (χ1n) is 10.2. The zero-order chi connectivity index (χ0) is 19.7. The molecule has 2 aliphatic carbocycles. The molecule has 0 radical (unpaired) electrons. The Bertz CT molecular complexity index is 716. The van der Waals surface area contributed by atoms with Crippen LogP contribution in [0.4, 0.5) is 0 Å². The quantitative estimate of drug-likeness (QED) is 0.464. The second kappa shape index (κ2) is 8.13. The van der Waals surface area contributed by atoms with Gasteiger partial charge in [-0.3, -0.25) is 0 Å². The summed E-state index contributed by atoms with van der Waals surface area (Å²) < 4.78 is 13.0. The standard InChI is InChI=1S/C24H33BrO2/c1-6-24-15-7-8-17(20(24)12-14-22(24)27-23(2,3)4)9-10-18-16-19(26-5)11-13-21(18)25/h7-11,13,16-17,20,22H,6,12,14-15H2,1-5H3/b10-9-/t17-,20-,22-,24-/m0/s1. The van der Waals surface area contributed by atoms with Crippen molar-refractivity contribution in [1.82, 2.24) is 0 Å². The van der Waals surface area contributed by atoms with Gasteiger partial charge in [-0.15, -0.1) is 0 Å². The van der Waals surface area contributed by atoms with Crippen LogP contribution >= 0.6 is 15.9 Å². The second-order valence-electron chi connectivity index (χ2n) is 8.95. The summed E-state index contributed by atoms with van der Waals surface area (Å²) in [6.07, 6.45) is 14.5. The molecule has 0 unspecified atom stereocenters. The van der Waals surface area contributed by atoms with Gasteiger partial charge in [-0.2, -0.15) is 0 Å². The number of rotatable bonds is 5. The van der Waals surface area contributed by atoms with Crippen molar-refractivity contribution in [3.8, 4) is 5.75 Å². The summed E-state index contributed by atoms with van der Waals surface area (Å²) in [4.78, 5) is 0. The largest absolute Gasteiger partial charge is 0.497 e. The van der Waals surface area contributed by atoms with Gasteiger partial charge >= 0.3 is 0 Å². The van der Waals surface area contributed by atoms with E-state index in [9.17, 15) is 0 Å². The van der Waals surface area contributed by atoms with Gasteiger partial charge < -0.3 is 9.47 Å². The van der Waals surface area contributed by atoms with Crippen LogP contribution in [0.1, 0.15) is 58.9 Å². The summed E-state index contributed by atoms with van der Waals surface area (Å²) in [5.41, 5.74) is 1.35. The highest BCUT2D eigenvalue weighted by Crippen LogP contribution is 2.56. The molecule has 0 amide bonds. The van der Waals surface area contributed by atoms with Gasteiger partial charge in [-0.1, -0.05) is 47.2 Å². The third-order valence-corrected chi connectivity index (χ3v) is 7.02. The maximum atomic E-state index is 6.54. The van der Waals surface area contributed by atoms with Gasteiger partial charge in [-0.25, -0.2) is 0 Å². The number of allylic oxidation sites excluding steroid dienone is 3. The highest BCUT2D eigenvalue weighted by atomic mass is 79.9. The first kappa shape index (κ1) is 20.7. The predicted octanol–water partition coefficient (Wildman–Crippen LogP) is 7.04. The van der Waals surface area contributed by atoms with E-state index in [4.69, 9.17) is 9.47 Å². The number of methoxy groups -OCH3 is 1. The van der Waals surface area contributed by atoms with E-state index >= 15 is 0 Å². The Hall–Kier alpha value is -1.06. The van der Waals surface area contributed by atoms with Gasteiger partial charge in [0, 0.05) is 9.89 Å². The SMILES string of the molecule is CC[C@]12CC=C[C@@H](/C=C\c3cc(OC)ccc3Br)[C@@H]1CC[C@@H]2OC(C)(C)C. The summed E-state index contributed by atoms with van der Waals surface area (Å²) in [7, 11) is 1.71. The summed E-state index contributed by atoms with van der Waals surface area (Å²) in [5.74, 6) is 2.00. The van der Waals surface area contributed by atoms with Gasteiger partial charge in [0.1, 0.15) is 5.75 Å². The molecule has 0 spiro atoms. The van der Waals surface area contributed by atoms with Crippen LogP contribution in [0, 0.1) is 17.3 Å². The number of hydrogen-bond acceptors (Lipinski definition) is 2. The molecule has 4 atom stereocenters. The lowest BCUT2D eigenvalue weighted by Crippen LogP contribution is -2.43. The molecule has 0 aliphatic heterocycles. The molecule has 2 aliphatic rings. The van der Waals surface area contributed by atoms with E-state index in [-0.39, 0.29) is 11.0 Å². The van der Waals surface area contributed by atoms with Gasteiger partial charge in [0.05, 0.1) is 18.8 Å². The average molecular weight is 433 g/mol. The van der Waals surface area contributed by atoms with Crippen molar-refractivity contribution in [3.63, 3.8) is 0 Å². The molecule has 3 heteroatoms. The Morgan fingerprint density at radius 1 is 1.26 bits per heavy atom. The zero-order valence-electron chi connectivity index (χ0n) is 17.3. The van der Waals surface area contributed by atoms with Crippen LogP contribution in [0.2, 0.25) is 0 Å². The van der Waals surface area contributed by atoms with Crippen molar-refractivity contribution in [2.24, 2.45) is 17.3 Å². The van der Waals surface area contributed by atoms with Crippen molar-refractivity contribution in [2.75, 3.05) is 7.11 Å². The minimum absolute atomic E-state index is 0.0837. The van der Waals surface area contributed by atoms with E-state index in [1.54, 1.807) is 7.11 Å². The molecule has 1 saturated carbocycles. The molecule has 2 nitrogen and oxygen atoms in total. The molecule has 1 aromatic carbocycles. The maximum Gasteiger partial charge on any atom is 0.119 e. The molecule has 0 saturated heterocycles. The van der Waals surface area contributed by atoms with E-state index in [0.29, 0.717) is 17.9 Å². The maximum absolute atomic E-state index is 6.54. The number of hydrogen-bond donors (Lipinski definition) is 0. The van der Waals surface area contributed by atoms with E-state index in [1.165, 1.54) is 19.3 Å². The molecule has 3 rings (SSSR count). The topological polar surface area (TPSA) is 18.5 Å². The molecule has 0 aromatic heterocycles. The Morgan fingerprint density at radius 2 is 2.04 bits per heavy atom. The predicted molar refractivity (Wildman–Crippen MR) is 117 cm³/mol. The number of fused-ring (bicyclic) bond motifs is 1. The highest BCUT2D eigenvalue weighted by molar-refractivity contribution is 9.10. The highest BCUT2D eigenvalue weighted by Gasteiger charge is 2.52. The van der Waals surface area contributed by atoms with Crippen molar-refractivity contribution in [3.05, 3.63) is 46.5 Å². The van der Waals surface area contributed by atoms with Gasteiger partial charge in [0.25, 0.3) is 0 Å². The average Bonchev–Trinajstić information content (AvgIpc) is 2.99. The lowest BCUT2D eigenvalue weighted by atomic mass is 9.64. The van der Waals surface area contributed by atoms with Crippen LogP contribution in [-0.4, -0.2) is 18.8 Å². The summed E-state index contributed by atoms with van der Waals surface area (Å²) >= 11 is 3.66. The Labute approximate surface area is 173 Å². The zero-order valence-corrected chi connectivity index (χ0v) is 18.9. The Morgan fingerprint density at radius 3 is 2.70 bits per heavy atom. The third kappa shape index (κ3) is 4.35. The number of benzene rings is 1. The van der Waals surface area contributed by atoms with Crippen LogP contribution < -0.4 is 4.74 Å². The van der Waals surface area contributed by atoms with Gasteiger partial charge in [0.2, 0.25) is 0 Å². The van der Waals surface area contributed by atoms with Crippen LogP contribution in [0.25, 0.3) is 6.08 Å². The van der Waals surface area contributed by atoms with E-state index < -0.39 is 0 Å². The van der Waals surface area contributed by atoms with Crippen LogP contribution in [0.15, 0.2) is 40.9 Å². The lowest BCUT2D eigenvalue weighted by Gasteiger charge is -2.45. The van der Waals surface area contributed by atoms with E-state index in [1.807, 2.05) is 12.1 Å². The fraction of sp³-hybridized carbons (Fsp3) is 0.583. The van der Waals surface area contributed by atoms with Gasteiger partial charge in [0.15, 0.2) is 0 Å². The van der Waals surface area contributed by atoms with E-state index in [2.05, 4.69) is 74.0 Å². The molecule has 0 N–H and O–H groups in total. The minimum Gasteiger partial charge on any atom is -0.497 e. The third-order valence-electron chi connectivity index (χ3n) is 6.30. The van der Waals surface area contributed by atoms with Crippen molar-refractivity contribution >= 4 is 22.0 Å². The molecular weight excluding hydrogens is 400 g/mol. The Kier molecular flexibility index (Phi) is 6.22. The summed E-state index contributed by atoms with van der Waals surface area (Å²) in [6.45, 7) is 8.89. The monoisotopic (exact) mass is 432 g/mol. The molecule has 1 aromatic rings. The fourth-order valence-corrected chi connectivity index (χ4v) is 5.39. The molecular formula is C24H33BrO2. The first-order valence-corrected chi connectivity index (χ1v) is 10.9. The van der Waals surface area contributed by atoms with Crippen molar-refractivity contribution < 1.29 is 9.47 Å². The van der Waals surface area contributed by atoms with Crippen molar-refractivity contribution in [2.45, 2.75) is 65.1 Å². The van der Waals surface area contributed by atoms with Gasteiger partial charge in [-0.05, 0) is 82.1 Å². The molecule has 1 fully saturated rings. The Balaban J connectivity index is 1.84. The molecule has 148 valence electrons. The second-order valence-corrected chi connectivity index (χ2v) is 9.80. The lowest BCUT2D eigenvalue weighted by molar-refractivity contribution is -0.118. The summed E-state index contributed by atoms with van der Waals surface area (Å²) in [6, 6.07) is 6.12. The molecule has 0 heterocycles. The van der Waals surface area contributed by atoms with Crippen LogP contribution in [0.5, 0.6) is 5.75 Å². The van der Waals surface area contributed by atoms with Crippen LogP contribution in [0.3, 0.4) is 0 Å². The fourth-order valence-electron chi connectivity index (χ4n) is 5.01. The normalized spacial score (nSPS) is 30.7. The smallest absolute Gasteiger partial charge is 0.119 e. The van der Waals surface area contributed by atoms with Crippen LogP contribution in [-0.2, 0) is 4.74 Å². The minimum atomic E-state index is -0.0837. The van der Waals surface area contributed by atoms with E-state index in [0.717, 1.165) is 22.2 Å². The van der Waals surface area contributed by atoms with Crippen molar-refractivity contribution in [1.29, 1.82) is 0 Å². The molecule has 27 heavy (non-hydrogen) atoms.